The van der Waals surface area contributed by atoms with E-state index in [2.05, 4.69) is 0 Å². The highest BCUT2D eigenvalue weighted by Crippen LogP contribution is 2.26. The molecule has 1 atom stereocenters. The Kier molecular flexibility index (Phi) is 2.65. The molecule has 0 spiro atoms. The largest absolute Gasteiger partial charge is 0.218 e. The normalized spacial score (nSPS) is 16.2. The summed E-state index contributed by atoms with van der Waals surface area (Å²) in [6.45, 7) is 5.19. The molecule has 0 aliphatic heterocycles. The lowest BCUT2D eigenvalue weighted by Crippen LogP contribution is -2.29. The van der Waals surface area contributed by atoms with Crippen LogP contribution < -0.4 is 0 Å². The zero-order chi connectivity index (χ0) is 7.65. The highest BCUT2D eigenvalue weighted by atomic mass is 19.3. The van der Waals surface area contributed by atoms with Crippen molar-refractivity contribution < 1.29 is 8.78 Å². The van der Waals surface area contributed by atoms with Crippen molar-refractivity contribution in [2.75, 3.05) is 0 Å². The highest BCUT2D eigenvalue weighted by molar-refractivity contribution is 6.13. The van der Waals surface area contributed by atoms with Crippen molar-refractivity contribution in [1.29, 1.82) is 0 Å². The van der Waals surface area contributed by atoms with E-state index in [1.54, 1.807) is 6.92 Å². The molecule has 3 heteroatoms. The standard InChI is InChI=1S/C6H13BF2/c1-4(2)5(3)6(7,8)9/h4-5H,7H2,1-3H3/t5-/m0/s1. The Morgan fingerprint density at radius 2 is 1.56 bits per heavy atom. The fourth-order valence-electron chi connectivity index (χ4n) is 0.585. The molecule has 0 unspecified atom stereocenters. The summed E-state index contributed by atoms with van der Waals surface area (Å²) >= 11 is 0. The first kappa shape index (κ1) is 8.92. The molecule has 0 aromatic heterocycles. The molecule has 0 N–H and O–H groups in total. The fraction of sp³-hybridized carbons (Fsp3) is 1.00. The zero-order valence-electron chi connectivity index (χ0n) is 6.41. The van der Waals surface area contributed by atoms with Crippen LogP contribution in [0.5, 0.6) is 0 Å². The summed E-state index contributed by atoms with van der Waals surface area (Å²) in [6, 6.07) is 0. The summed E-state index contributed by atoms with van der Waals surface area (Å²) in [5.74, 6) is -2.98. The van der Waals surface area contributed by atoms with Crippen molar-refractivity contribution >= 4 is 7.85 Å². The molecule has 0 rings (SSSR count). The average Bonchev–Trinajstić information content (AvgIpc) is 1.62. The molecule has 0 fully saturated rings. The van der Waals surface area contributed by atoms with Gasteiger partial charge in [-0.25, -0.2) is 8.78 Å². The fourth-order valence-corrected chi connectivity index (χ4v) is 0.585. The molecule has 0 bridgehead atoms. The van der Waals surface area contributed by atoms with E-state index >= 15 is 0 Å². The topological polar surface area (TPSA) is 0 Å². The second-order valence-electron chi connectivity index (χ2n) is 2.99. The van der Waals surface area contributed by atoms with Gasteiger partial charge in [0.2, 0.25) is 5.82 Å². The molecule has 0 aromatic carbocycles. The van der Waals surface area contributed by atoms with Crippen molar-refractivity contribution in [3.8, 4) is 0 Å². The van der Waals surface area contributed by atoms with Crippen molar-refractivity contribution in [3.63, 3.8) is 0 Å². The lowest BCUT2D eigenvalue weighted by atomic mass is 9.80. The molecule has 0 heterocycles. The first-order chi connectivity index (χ1) is 3.85. The summed E-state index contributed by atoms with van der Waals surface area (Å²) in [7, 11) is 0.970. The maximum Gasteiger partial charge on any atom is 0.209 e. The molecule has 0 radical (unpaired) electrons. The van der Waals surface area contributed by atoms with Gasteiger partial charge in [0.15, 0.2) is 7.85 Å². The van der Waals surface area contributed by atoms with Gasteiger partial charge in [-0.1, -0.05) is 20.8 Å². The smallest absolute Gasteiger partial charge is 0.209 e. The quantitative estimate of drug-likeness (QED) is 0.502. The Bertz CT molecular complexity index is 85.5. The van der Waals surface area contributed by atoms with Crippen LogP contribution in [0, 0.1) is 11.8 Å². The van der Waals surface area contributed by atoms with E-state index in [0.29, 0.717) is 0 Å². The summed E-state index contributed by atoms with van der Waals surface area (Å²) in [4.78, 5) is 0. The molecule has 54 valence electrons. The van der Waals surface area contributed by atoms with E-state index in [9.17, 15) is 8.78 Å². The molecule has 9 heavy (non-hydrogen) atoms. The molecule has 0 amide bonds. The van der Waals surface area contributed by atoms with Crippen LogP contribution in [-0.4, -0.2) is 13.7 Å². The lowest BCUT2D eigenvalue weighted by molar-refractivity contribution is 0.0153. The van der Waals surface area contributed by atoms with Crippen LogP contribution in [0.2, 0.25) is 0 Å². The zero-order valence-corrected chi connectivity index (χ0v) is 6.41. The maximum absolute atomic E-state index is 12.4. The number of rotatable bonds is 2. The summed E-state index contributed by atoms with van der Waals surface area (Å²) in [5, 5.41) is 0. The van der Waals surface area contributed by atoms with Gasteiger partial charge in [0, 0.05) is 5.92 Å². The van der Waals surface area contributed by atoms with E-state index in [-0.39, 0.29) is 5.92 Å². The summed E-state index contributed by atoms with van der Waals surface area (Å²) in [5.41, 5.74) is 0. The van der Waals surface area contributed by atoms with Gasteiger partial charge >= 0.3 is 0 Å². The molecule has 0 saturated carbocycles. The Hall–Kier alpha value is -0.0751. The maximum atomic E-state index is 12.4. The SMILES string of the molecule is BC(F)(F)[C@@H](C)C(C)C. The van der Waals surface area contributed by atoms with Crippen LogP contribution in [0.1, 0.15) is 20.8 Å². The Morgan fingerprint density at radius 3 is 1.56 bits per heavy atom. The van der Waals surface area contributed by atoms with E-state index in [0.717, 1.165) is 7.85 Å². The predicted octanol–water partition coefficient (Wildman–Crippen LogP) is 1.50. The Balaban J connectivity index is 3.88. The highest BCUT2D eigenvalue weighted by Gasteiger charge is 2.31. The van der Waals surface area contributed by atoms with Gasteiger partial charge in [0.1, 0.15) is 0 Å². The Morgan fingerprint density at radius 1 is 1.22 bits per heavy atom. The van der Waals surface area contributed by atoms with Crippen LogP contribution in [0.3, 0.4) is 0 Å². The number of alkyl halides is 2. The number of halogens is 2. The Labute approximate surface area is 56.0 Å². The van der Waals surface area contributed by atoms with E-state index in [4.69, 9.17) is 0 Å². The molecule has 0 aliphatic rings. The second-order valence-corrected chi connectivity index (χ2v) is 2.99. The van der Waals surface area contributed by atoms with Gasteiger partial charge in [0.25, 0.3) is 0 Å². The van der Waals surface area contributed by atoms with Gasteiger partial charge < -0.3 is 0 Å². The van der Waals surface area contributed by atoms with Crippen molar-refractivity contribution in [1.82, 2.24) is 0 Å². The number of hydrogen-bond donors (Lipinski definition) is 0. The average molecular weight is 134 g/mol. The first-order valence-electron chi connectivity index (χ1n) is 3.23. The van der Waals surface area contributed by atoms with Crippen LogP contribution >= 0.6 is 0 Å². The van der Waals surface area contributed by atoms with Crippen LogP contribution in [0.15, 0.2) is 0 Å². The van der Waals surface area contributed by atoms with Crippen molar-refractivity contribution in [2.45, 2.75) is 26.6 Å². The molecular weight excluding hydrogens is 121 g/mol. The monoisotopic (exact) mass is 134 g/mol. The van der Waals surface area contributed by atoms with E-state index in [1.165, 1.54) is 0 Å². The number of hydrogen-bond acceptors (Lipinski definition) is 0. The van der Waals surface area contributed by atoms with E-state index < -0.39 is 11.7 Å². The van der Waals surface area contributed by atoms with Gasteiger partial charge in [-0.15, -0.1) is 0 Å². The third kappa shape index (κ3) is 2.82. The molecule has 0 nitrogen and oxygen atoms in total. The minimum absolute atomic E-state index is 0.0602. The molecule has 0 aliphatic carbocycles. The van der Waals surface area contributed by atoms with Crippen LogP contribution in [0.25, 0.3) is 0 Å². The summed E-state index contributed by atoms with van der Waals surface area (Å²) in [6.07, 6.45) is 0. The minimum atomic E-state index is -2.52. The van der Waals surface area contributed by atoms with E-state index in [1.807, 2.05) is 13.8 Å². The second kappa shape index (κ2) is 2.67. The molecular formula is C6H13BF2. The third-order valence-corrected chi connectivity index (χ3v) is 1.80. The van der Waals surface area contributed by atoms with Gasteiger partial charge in [-0.3, -0.25) is 0 Å². The lowest BCUT2D eigenvalue weighted by Gasteiger charge is -2.22. The van der Waals surface area contributed by atoms with Gasteiger partial charge in [-0.2, -0.15) is 0 Å². The molecule has 0 saturated heterocycles. The predicted molar refractivity (Wildman–Crippen MR) is 37.5 cm³/mol. The van der Waals surface area contributed by atoms with Crippen LogP contribution in [-0.2, 0) is 0 Å². The summed E-state index contributed by atoms with van der Waals surface area (Å²) < 4.78 is 24.7. The minimum Gasteiger partial charge on any atom is -0.218 e. The molecule has 0 aromatic rings. The first-order valence-corrected chi connectivity index (χ1v) is 3.23. The van der Waals surface area contributed by atoms with Crippen molar-refractivity contribution in [3.05, 3.63) is 0 Å². The van der Waals surface area contributed by atoms with Crippen LogP contribution in [0.4, 0.5) is 8.78 Å². The van der Waals surface area contributed by atoms with Gasteiger partial charge in [0.05, 0.1) is 0 Å². The third-order valence-electron chi connectivity index (χ3n) is 1.80. The van der Waals surface area contributed by atoms with Gasteiger partial charge in [-0.05, 0) is 5.92 Å². The van der Waals surface area contributed by atoms with Crippen molar-refractivity contribution in [2.24, 2.45) is 11.8 Å².